The summed E-state index contributed by atoms with van der Waals surface area (Å²) in [5.74, 6) is -0.490. The standard InChI is InChI=1S/C29H35N5O4/c1-3-31(4-2)28(36)22-38-26-19-32(18-15-23-9-6-5-7-10-23)27(35)21-33(20-26)29(37)24-11-13-25(14-12-24)34-17-8-16-30-34/h5-14,16-17,26H,3-4,15,18-22H2,1-2H3/t26-/m0/s1. The van der Waals surface area contributed by atoms with Crippen LogP contribution in [0, 0.1) is 0 Å². The molecule has 1 aliphatic heterocycles. The fraction of sp³-hybridized carbons (Fsp3) is 0.379. The lowest BCUT2D eigenvalue weighted by Gasteiger charge is -2.26. The number of likely N-dealkylation sites (N-methyl/N-ethyl adjacent to an activating group) is 1. The average Bonchev–Trinajstić information content (AvgIpc) is 3.44. The van der Waals surface area contributed by atoms with Gasteiger partial charge in [0.05, 0.1) is 11.8 Å². The van der Waals surface area contributed by atoms with Crippen molar-refractivity contribution in [1.82, 2.24) is 24.5 Å². The first-order valence-electron chi connectivity index (χ1n) is 13.1. The largest absolute Gasteiger partial charge is 0.365 e. The highest BCUT2D eigenvalue weighted by molar-refractivity contribution is 5.97. The Morgan fingerprint density at radius 2 is 1.74 bits per heavy atom. The van der Waals surface area contributed by atoms with Crippen LogP contribution in [0.15, 0.2) is 73.1 Å². The van der Waals surface area contributed by atoms with Crippen LogP contribution in [0.4, 0.5) is 0 Å². The number of hydrogen-bond acceptors (Lipinski definition) is 5. The van der Waals surface area contributed by atoms with Gasteiger partial charge in [-0.05, 0) is 56.2 Å². The summed E-state index contributed by atoms with van der Waals surface area (Å²) in [4.78, 5) is 44.3. The molecule has 9 nitrogen and oxygen atoms in total. The third-order valence-electron chi connectivity index (χ3n) is 6.77. The van der Waals surface area contributed by atoms with E-state index in [2.05, 4.69) is 5.10 Å². The number of carbonyl (C=O) groups excluding carboxylic acids is 3. The van der Waals surface area contributed by atoms with E-state index in [0.717, 1.165) is 11.3 Å². The van der Waals surface area contributed by atoms with E-state index in [-0.39, 0.29) is 37.4 Å². The van der Waals surface area contributed by atoms with Crippen LogP contribution in [0.25, 0.3) is 5.69 Å². The molecule has 4 rings (SSSR count). The molecule has 0 unspecified atom stereocenters. The number of aromatic nitrogens is 2. The van der Waals surface area contributed by atoms with Gasteiger partial charge in [0, 0.05) is 50.7 Å². The van der Waals surface area contributed by atoms with Crippen LogP contribution in [-0.4, -0.2) is 94.2 Å². The van der Waals surface area contributed by atoms with Crippen LogP contribution in [0.1, 0.15) is 29.8 Å². The second kappa shape index (κ2) is 13.0. The lowest BCUT2D eigenvalue weighted by Crippen LogP contribution is -2.41. The number of hydrogen-bond donors (Lipinski definition) is 0. The lowest BCUT2D eigenvalue weighted by atomic mass is 10.1. The molecule has 1 aliphatic rings. The number of carbonyl (C=O) groups is 3. The molecule has 1 saturated heterocycles. The van der Waals surface area contributed by atoms with Crippen LogP contribution < -0.4 is 0 Å². The van der Waals surface area contributed by atoms with Gasteiger partial charge in [0.25, 0.3) is 5.91 Å². The highest BCUT2D eigenvalue weighted by Gasteiger charge is 2.32. The highest BCUT2D eigenvalue weighted by Crippen LogP contribution is 2.16. The first kappa shape index (κ1) is 27.1. The molecule has 1 aromatic heterocycles. The van der Waals surface area contributed by atoms with Crippen molar-refractivity contribution in [1.29, 1.82) is 0 Å². The van der Waals surface area contributed by atoms with Gasteiger partial charge in [0.2, 0.25) is 11.8 Å². The zero-order valence-electron chi connectivity index (χ0n) is 22.0. The molecule has 0 radical (unpaired) electrons. The Balaban J connectivity index is 1.48. The van der Waals surface area contributed by atoms with Crippen molar-refractivity contribution < 1.29 is 19.1 Å². The van der Waals surface area contributed by atoms with Crippen molar-refractivity contribution in [3.63, 3.8) is 0 Å². The van der Waals surface area contributed by atoms with E-state index >= 15 is 0 Å². The van der Waals surface area contributed by atoms with Gasteiger partial charge in [-0.25, -0.2) is 4.68 Å². The predicted octanol–water partition coefficient (Wildman–Crippen LogP) is 2.65. The van der Waals surface area contributed by atoms with Gasteiger partial charge in [-0.3, -0.25) is 14.4 Å². The molecule has 1 atom stereocenters. The van der Waals surface area contributed by atoms with E-state index in [1.54, 1.807) is 32.8 Å². The summed E-state index contributed by atoms with van der Waals surface area (Å²) in [5.41, 5.74) is 2.44. The molecule has 0 bridgehead atoms. The van der Waals surface area contributed by atoms with Crippen LogP contribution in [0.3, 0.4) is 0 Å². The molecule has 2 heterocycles. The number of amides is 3. The summed E-state index contributed by atoms with van der Waals surface area (Å²) in [5, 5.41) is 4.21. The van der Waals surface area contributed by atoms with Crippen molar-refractivity contribution >= 4 is 17.7 Å². The van der Waals surface area contributed by atoms with Crippen LogP contribution in [0.5, 0.6) is 0 Å². The summed E-state index contributed by atoms with van der Waals surface area (Å²) in [7, 11) is 0. The molecule has 2 aromatic carbocycles. The SMILES string of the molecule is CCN(CC)C(=O)CO[C@H]1CN(CCc2ccccc2)C(=O)CN(C(=O)c2ccc(-n3cccn3)cc2)C1. The van der Waals surface area contributed by atoms with Crippen molar-refractivity contribution in [2.75, 3.05) is 45.9 Å². The molecule has 3 amide bonds. The second-order valence-corrected chi connectivity index (χ2v) is 9.26. The molecule has 0 spiro atoms. The van der Waals surface area contributed by atoms with Crippen molar-refractivity contribution in [2.45, 2.75) is 26.4 Å². The third-order valence-corrected chi connectivity index (χ3v) is 6.77. The number of nitrogens with zero attached hydrogens (tertiary/aromatic N) is 5. The van der Waals surface area contributed by atoms with Gasteiger partial charge >= 0.3 is 0 Å². The van der Waals surface area contributed by atoms with Gasteiger partial charge in [-0.2, -0.15) is 5.10 Å². The number of rotatable bonds is 10. The van der Waals surface area contributed by atoms with Crippen molar-refractivity contribution in [3.8, 4) is 5.69 Å². The molecule has 9 heteroatoms. The number of ether oxygens (including phenoxy) is 1. The number of benzene rings is 2. The van der Waals surface area contributed by atoms with Crippen LogP contribution in [0.2, 0.25) is 0 Å². The summed E-state index contributed by atoms with van der Waals surface area (Å²) in [6, 6.07) is 18.9. The van der Waals surface area contributed by atoms with E-state index in [9.17, 15) is 14.4 Å². The van der Waals surface area contributed by atoms with Gasteiger partial charge in [-0.15, -0.1) is 0 Å². The molecule has 0 saturated carbocycles. The van der Waals surface area contributed by atoms with Crippen molar-refractivity contribution in [2.24, 2.45) is 0 Å². The Labute approximate surface area is 223 Å². The molecular formula is C29H35N5O4. The summed E-state index contributed by atoms with van der Waals surface area (Å²) in [6.07, 6.45) is 3.73. The maximum Gasteiger partial charge on any atom is 0.254 e. The summed E-state index contributed by atoms with van der Waals surface area (Å²) in [6.45, 7) is 5.97. The van der Waals surface area contributed by atoms with E-state index < -0.39 is 6.10 Å². The molecule has 0 aliphatic carbocycles. The molecule has 3 aromatic rings. The lowest BCUT2D eigenvalue weighted by molar-refractivity contribution is -0.138. The van der Waals surface area contributed by atoms with Crippen LogP contribution in [-0.2, 0) is 20.7 Å². The minimum atomic E-state index is -0.482. The maximum atomic E-state index is 13.5. The Morgan fingerprint density at radius 3 is 2.39 bits per heavy atom. The summed E-state index contributed by atoms with van der Waals surface area (Å²) < 4.78 is 7.75. The predicted molar refractivity (Wildman–Crippen MR) is 144 cm³/mol. The summed E-state index contributed by atoms with van der Waals surface area (Å²) >= 11 is 0. The van der Waals surface area contributed by atoms with E-state index in [1.807, 2.05) is 68.6 Å². The van der Waals surface area contributed by atoms with E-state index in [1.165, 1.54) is 4.90 Å². The van der Waals surface area contributed by atoms with E-state index in [4.69, 9.17) is 4.74 Å². The zero-order chi connectivity index (χ0) is 26.9. The maximum absolute atomic E-state index is 13.5. The monoisotopic (exact) mass is 517 g/mol. The minimum absolute atomic E-state index is 0.0433. The van der Waals surface area contributed by atoms with Crippen molar-refractivity contribution in [3.05, 3.63) is 84.2 Å². The normalized spacial score (nSPS) is 15.8. The molecule has 1 fully saturated rings. The van der Waals surface area contributed by atoms with Gasteiger partial charge in [-0.1, -0.05) is 30.3 Å². The van der Waals surface area contributed by atoms with Crippen LogP contribution >= 0.6 is 0 Å². The first-order valence-corrected chi connectivity index (χ1v) is 13.1. The Morgan fingerprint density at radius 1 is 1.00 bits per heavy atom. The fourth-order valence-corrected chi connectivity index (χ4v) is 4.58. The second-order valence-electron chi connectivity index (χ2n) is 9.26. The Kier molecular flexibility index (Phi) is 9.26. The van der Waals surface area contributed by atoms with Gasteiger partial charge in [0.1, 0.15) is 13.2 Å². The minimum Gasteiger partial charge on any atom is -0.365 e. The topological polar surface area (TPSA) is 88.0 Å². The average molecular weight is 518 g/mol. The third kappa shape index (κ3) is 6.86. The smallest absolute Gasteiger partial charge is 0.254 e. The zero-order valence-corrected chi connectivity index (χ0v) is 22.0. The Bertz CT molecular complexity index is 1190. The molecule has 38 heavy (non-hydrogen) atoms. The quantitative estimate of drug-likeness (QED) is 0.413. The molecule has 0 N–H and O–H groups in total. The first-order chi connectivity index (χ1) is 18.5. The van der Waals surface area contributed by atoms with E-state index in [0.29, 0.717) is 38.2 Å². The Hall–Kier alpha value is -3.98. The fourth-order valence-electron chi connectivity index (χ4n) is 4.58. The van der Waals surface area contributed by atoms with Gasteiger partial charge in [0.15, 0.2) is 0 Å². The van der Waals surface area contributed by atoms with Gasteiger partial charge < -0.3 is 19.4 Å². The highest BCUT2D eigenvalue weighted by atomic mass is 16.5. The molecule has 200 valence electrons. The molecular weight excluding hydrogens is 482 g/mol.